The second-order valence-corrected chi connectivity index (χ2v) is 7.48. The van der Waals surface area contributed by atoms with Crippen LogP contribution in [0.1, 0.15) is 21.5 Å². The van der Waals surface area contributed by atoms with Gasteiger partial charge in [0.25, 0.3) is 5.91 Å². The number of fused-ring (bicyclic) bond motifs is 1. The van der Waals surface area contributed by atoms with Gasteiger partial charge in [0.15, 0.2) is 11.6 Å². The highest BCUT2D eigenvalue weighted by Crippen LogP contribution is 2.29. The molecule has 1 amide bonds. The number of aromatic nitrogens is 3. The molecule has 7 nitrogen and oxygen atoms in total. The molecule has 2 heterocycles. The summed E-state index contributed by atoms with van der Waals surface area (Å²) >= 11 is 12.0. The maximum absolute atomic E-state index is 12.8. The zero-order valence-electron chi connectivity index (χ0n) is 16.5. The first-order valence-electron chi connectivity index (χ1n) is 9.12. The van der Waals surface area contributed by atoms with Gasteiger partial charge in [0.2, 0.25) is 0 Å². The Morgan fingerprint density at radius 2 is 2.00 bits per heavy atom. The molecule has 0 aliphatic carbocycles. The first-order valence-corrected chi connectivity index (χ1v) is 9.87. The molecule has 0 aliphatic rings. The number of hydrogen-bond acceptors (Lipinski definition) is 5. The van der Waals surface area contributed by atoms with Crippen LogP contribution in [0.2, 0.25) is 10.0 Å². The van der Waals surface area contributed by atoms with Crippen molar-refractivity contribution in [1.82, 2.24) is 14.8 Å². The molecule has 4 rings (SSSR count). The van der Waals surface area contributed by atoms with Crippen LogP contribution < -0.4 is 10.1 Å². The lowest BCUT2D eigenvalue weighted by Gasteiger charge is -2.12. The molecule has 0 aliphatic heterocycles. The van der Waals surface area contributed by atoms with Gasteiger partial charge in [-0.1, -0.05) is 35.3 Å². The van der Waals surface area contributed by atoms with Crippen LogP contribution in [0.25, 0.3) is 16.7 Å². The van der Waals surface area contributed by atoms with Gasteiger partial charge in [0, 0.05) is 10.9 Å². The van der Waals surface area contributed by atoms with Crippen molar-refractivity contribution in [2.45, 2.75) is 6.92 Å². The van der Waals surface area contributed by atoms with Crippen molar-refractivity contribution in [3.05, 3.63) is 75.4 Å². The summed E-state index contributed by atoms with van der Waals surface area (Å²) in [5, 5.41) is 18.0. The molecule has 4 aromatic rings. The summed E-state index contributed by atoms with van der Waals surface area (Å²) in [5.41, 5.74) is 2.06. The third-order valence-corrected chi connectivity index (χ3v) is 5.48. The van der Waals surface area contributed by atoms with E-state index in [4.69, 9.17) is 27.9 Å². The number of ether oxygens (including phenoxy) is 1. The number of nitrogens with one attached hydrogen (secondary N) is 1. The summed E-state index contributed by atoms with van der Waals surface area (Å²) in [5.74, 6) is 0.767. The molecule has 0 unspecified atom stereocenters. The number of nitrogens with zero attached hydrogens (tertiary/aromatic N) is 4. The van der Waals surface area contributed by atoms with E-state index in [1.165, 1.54) is 23.0 Å². The molecular formula is C22H15Cl2N5O2. The quantitative estimate of drug-likeness (QED) is 0.461. The molecule has 0 bridgehead atoms. The number of aryl methyl sites for hydroxylation is 1. The fraction of sp³-hybridized carbons (Fsp3) is 0.0909. The van der Waals surface area contributed by atoms with Gasteiger partial charge < -0.3 is 10.1 Å². The number of methoxy groups -OCH3 is 1. The Morgan fingerprint density at radius 1 is 1.19 bits per heavy atom. The van der Waals surface area contributed by atoms with E-state index in [9.17, 15) is 10.1 Å². The zero-order chi connectivity index (χ0) is 22.1. The molecule has 1 N–H and O–H groups in total. The molecule has 31 heavy (non-hydrogen) atoms. The summed E-state index contributed by atoms with van der Waals surface area (Å²) in [6.07, 6.45) is 1.37. The fourth-order valence-electron chi connectivity index (χ4n) is 3.19. The Balaban J connectivity index is 1.81. The molecule has 154 valence electrons. The van der Waals surface area contributed by atoms with Crippen molar-refractivity contribution in [3.63, 3.8) is 0 Å². The molecule has 0 spiro atoms. The Hall–Kier alpha value is -3.60. The summed E-state index contributed by atoms with van der Waals surface area (Å²) in [7, 11) is 1.57. The molecule has 0 fully saturated rings. The number of amides is 1. The van der Waals surface area contributed by atoms with Crippen LogP contribution in [-0.2, 0) is 0 Å². The summed E-state index contributed by atoms with van der Waals surface area (Å²) in [6, 6.07) is 14.0. The van der Waals surface area contributed by atoms with Crippen molar-refractivity contribution < 1.29 is 9.53 Å². The Morgan fingerprint density at radius 3 is 2.71 bits per heavy atom. The van der Waals surface area contributed by atoms with Crippen molar-refractivity contribution in [1.29, 1.82) is 5.26 Å². The first-order chi connectivity index (χ1) is 14.9. The lowest BCUT2D eigenvalue weighted by Crippen LogP contribution is -2.16. The average molecular weight is 452 g/mol. The lowest BCUT2D eigenvalue weighted by molar-refractivity contribution is 0.102. The van der Waals surface area contributed by atoms with E-state index >= 15 is 0 Å². The van der Waals surface area contributed by atoms with E-state index < -0.39 is 5.91 Å². The first kappa shape index (κ1) is 20.7. The van der Waals surface area contributed by atoms with E-state index in [0.29, 0.717) is 22.1 Å². The Labute approximate surface area is 187 Å². The minimum atomic E-state index is -0.466. The van der Waals surface area contributed by atoms with Crippen molar-refractivity contribution >= 4 is 45.8 Å². The summed E-state index contributed by atoms with van der Waals surface area (Å²) < 4.78 is 6.85. The minimum Gasteiger partial charge on any atom is -0.494 e. The predicted molar refractivity (Wildman–Crippen MR) is 119 cm³/mol. The normalized spacial score (nSPS) is 10.7. The van der Waals surface area contributed by atoms with Crippen molar-refractivity contribution in [2.75, 3.05) is 12.4 Å². The third kappa shape index (κ3) is 3.79. The Bertz CT molecular complexity index is 1370. The molecule has 0 saturated heterocycles. The van der Waals surface area contributed by atoms with Crippen LogP contribution in [0.4, 0.5) is 5.82 Å². The van der Waals surface area contributed by atoms with E-state index in [2.05, 4.69) is 15.4 Å². The summed E-state index contributed by atoms with van der Waals surface area (Å²) in [4.78, 5) is 17.5. The molecule has 0 radical (unpaired) electrons. The number of benzene rings is 2. The van der Waals surface area contributed by atoms with E-state index in [1.807, 2.05) is 37.3 Å². The van der Waals surface area contributed by atoms with Crippen LogP contribution in [-0.4, -0.2) is 27.8 Å². The molecule has 2 aromatic carbocycles. The number of pyridine rings is 1. The smallest absolute Gasteiger partial charge is 0.256 e. The maximum atomic E-state index is 12.8. The number of hydrogen-bond donors (Lipinski definition) is 1. The van der Waals surface area contributed by atoms with Crippen molar-refractivity contribution in [2.24, 2.45) is 0 Å². The van der Waals surface area contributed by atoms with Gasteiger partial charge in [-0.2, -0.15) is 15.0 Å². The number of anilines is 1. The van der Waals surface area contributed by atoms with Crippen molar-refractivity contribution in [3.8, 4) is 17.6 Å². The minimum absolute atomic E-state index is 0.188. The van der Waals surface area contributed by atoms with Gasteiger partial charge in [0.1, 0.15) is 22.9 Å². The lowest BCUT2D eigenvalue weighted by atomic mass is 10.1. The highest BCUT2D eigenvalue weighted by molar-refractivity contribution is 6.42. The van der Waals surface area contributed by atoms with Gasteiger partial charge in [-0.15, -0.1) is 0 Å². The van der Waals surface area contributed by atoms with Gasteiger partial charge in [-0.25, -0.2) is 4.98 Å². The van der Waals surface area contributed by atoms with Crippen LogP contribution in [0.15, 0.2) is 48.7 Å². The third-order valence-electron chi connectivity index (χ3n) is 4.74. The molecular weight excluding hydrogens is 437 g/mol. The van der Waals surface area contributed by atoms with Crippen LogP contribution in [0.5, 0.6) is 5.75 Å². The van der Waals surface area contributed by atoms with E-state index in [-0.39, 0.29) is 22.0 Å². The molecule has 0 atom stereocenters. The van der Waals surface area contributed by atoms with E-state index in [0.717, 1.165) is 10.9 Å². The second kappa shape index (κ2) is 8.26. The SMILES string of the molecule is COc1cccc2c(C)cc(-n3ncc(C#N)c3NC(=O)c3ccc(Cl)c(Cl)c3)nc12. The number of rotatable bonds is 4. The zero-order valence-corrected chi connectivity index (χ0v) is 18.0. The topological polar surface area (TPSA) is 92.8 Å². The van der Waals surface area contributed by atoms with E-state index in [1.54, 1.807) is 13.2 Å². The number of para-hydroxylation sites is 1. The maximum Gasteiger partial charge on any atom is 0.256 e. The molecule has 9 heteroatoms. The largest absolute Gasteiger partial charge is 0.494 e. The standard InChI is InChI=1S/C22H15Cl2N5O2/c1-12-8-19(27-20-15(12)4-3-5-18(20)31-2)29-21(14(10-25)11-26-29)28-22(30)13-6-7-16(23)17(24)9-13/h3-9,11H,1-2H3,(H,28,30). The average Bonchev–Trinajstić information content (AvgIpc) is 3.17. The predicted octanol–water partition coefficient (Wildman–Crippen LogP) is 5.17. The number of halogens is 2. The monoisotopic (exact) mass is 451 g/mol. The van der Waals surface area contributed by atoms with Crippen LogP contribution >= 0.6 is 23.2 Å². The fourth-order valence-corrected chi connectivity index (χ4v) is 3.49. The second-order valence-electron chi connectivity index (χ2n) is 6.67. The van der Waals surface area contributed by atoms with Gasteiger partial charge in [-0.05, 0) is 42.8 Å². The van der Waals surface area contributed by atoms with Crippen LogP contribution in [0, 0.1) is 18.3 Å². The van der Waals surface area contributed by atoms with Gasteiger partial charge in [-0.3, -0.25) is 4.79 Å². The molecule has 0 saturated carbocycles. The number of carbonyl (C=O) groups excluding carboxylic acids is 1. The van der Waals surface area contributed by atoms with Gasteiger partial charge >= 0.3 is 0 Å². The number of carbonyl (C=O) groups is 1. The highest BCUT2D eigenvalue weighted by Gasteiger charge is 2.19. The highest BCUT2D eigenvalue weighted by atomic mass is 35.5. The van der Waals surface area contributed by atoms with Gasteiger partial charge in [0.05, 0.1) is 23.4 Å². The Kier molecular flexibility index (Phi) is 5.51. The molecule has 2 aromatic heterocycles. The summed E-state index contributed by atoms with van der Waals surface area (Å²) in [6.45, 7) is 1.94. The number of nitriles is 1. The van der Waals surface area contributed by atoms with Crippen LogP contribution in [0.3, 0.4) is 0 Å².